The van der Waals surface area contributed by atoms with Crippen molar-refractivity contribution < 1.29 is 13.6 Å². The van der Waals surface area contributed by atoms with Gasteiger partial charge in [-0.3, -0.25) is 4.79 Å². The van der Waals surface area contributed by atoms with Crippen molar-refractivity contribution >= 4 is 5.78 Å². The van der Waals surface area contributed by atoms with Crippen LogP contribution in [-0.2, 0) is 0 Å². The molecule has 0 bridgehead atoms. The molecule has 0 saturated carbocycles. The Labute approximate surface area is 75.4 Å². The second-order valence-electron chi connectivity index (χ2n) is 2.99. The molecule has 13 heavy (non-hydrogen) atoms. The second kappa shape index (κ2) is 3.64. The monoisotopic (exact) mass is 184 g/mol. The van der Waals surface area contributed by atoms with E-state index in [0.29, 0.717) is 11.1 Å². The maximum absolute atomic E-state index is 12.3. The van der Waals surface area contributed by atoms with E-state index in [9.17, 15) is 13.6 Å². The van der Waals surface area contributed by atoms with Crippen LogP contribution in [0, 0.1) is 6.92 Å². The Hall–Kier alpha value is -1.25. The number of Topliss-reactive ketones (excluding diaryl/α,β-unsaturated/α-hetero) is 1. The van der Waals surface area contributed by atoms with Gasteiger partial charge >= 0.3 is 0 Å². The molecule has 1 aromatic rings. The second-order valence-corrected chi connectivity index (χ2v) is 2.99. The zero-order valence-corrected chi connectivity index (χ0v) is 7.47. The molecule has 0 N–H and O–H groups in total. The summed E-state index contributed by atoms with van der Waals surface area (Å²) in [6, 6.07) is 4.23. The van der Waals surface area contributed by atoms with E-state index >= 15 is 0 Å². The van der Waals surface area contributed by atoms with Crippen molar-refractivity contribution in [3.8, 4) is 0 Å². The molecule has 1 nitrogen and oxygen atoms in total. The number of halogens is 2. The summed E-state index contributed by atoms with van der Waals surface area (Å²) in [7, 11) is 0. The SMILES string of the molecule is CC(=O)c1cc(C)cc(C(F)F)c1. The van der Waals surface area contributed by atoms with Crippen LogP contribution in [-0.4, -0.2) is 5.78 Å². The van der Waals surface area contributed by atoms with Crippen LogP contribution < -0.4 is 0 Å². The van der Waals surface area contributed by atoms with Gasteiger partial charge in [0.2, 0.25) is 0 Å². The highest BCUT2D eigenvalue weighted by molar-refractivity contribution is 5.94. The number of carbonyl (C=O) groups excluding carboxylic acids is 1. The van der Waals surface area contributed by atoms with Crippen LogP contribution in [0.25, 0.3) is 0 Å². The third kappa shape index (κ3) is 2.34. The van der Waals surface area contributed by atoms with Gasteiger partial charge in [-0.05, 0) is 31.5 Å². The van der Waals surface area contributed by atoms with Crippen molar-refractivity contribution in [2.24, 2.45) is 0 Å². The average molecular weight is 184 g/mol. The molecule has 0 amide bonds. The summed E-state index contributed by atoms with van der Waals surface area (Å²) in [4.78, 5) is 10.9. The minimum atomic E-state index is -2.52. The minimum Gasteiger partial charge on any atom is -0.295 e. The number of carbonyl (C=O) groups is 1. The maximum atomic E-state index is 12.3. The zero-order valence-electron chi connectivity index (χ0n) is 7.47. The molecule has 1 aromatic carbocycles. The fourth-order valence-corrected chi connectivity index (χ4v) is 1.14. The van der Waals surface area contributed by atoms with Crippen molar-refractivity contribution in [2.45, 2.75) is 20.3 Å². The van der Waals surface area contributed by atoms with Crippen LogP contribution in [0.1, 0.15) is 34.8 Å². The van der Waals surface area contributed by atoms with Gasteiger partial charge < -0.3 is 0 Å². The van der Waals surface area contributed by atoms with Gasteiger partial charge in [0, 0.05) is 11.1 Å². The Morgan fingerprint density at radius 1 is 1.31 bits per heavy atom. The Balaban J connectivity index is 3.19. The lowest BCUT2D eigenvalue weighted by Crippen LogP contribution is -1.95. The van der Waals surface area contributed by atoms with Gasteiger partial charge in [0.15, 0.2) is 5.78 Å². The van der Waals surface area contributed by atoms with E-state index in [1.807, 2.05) is 0 Å². The molecule has 0 aliphatic heterocycles. The first-order valence-electron chi connectivity index (χ1n) is 3.91. The molecule has 0 spiro atoms. The molecule has 70 valence electrons. The van der Waals surface area contributed by atoms with Crippen LogP contribution in [0.15, 0.2) is 18.2 Å². The van der Waals surface area contributed by atoms with Gasteiger partial charge in [-0.15, -0.1) is 0 Å². The number of ketones is 1. The Bertz CT molecular complexity index is 332. The van der Waals surface area contributed by atoms with Crippen molar-refractivity contribution in [1.82, 2.24) is 0 Å². The fourth-order valence-electron chi connectivity index (χ4n) is 1.14. The van der Waals surface area contributed by atoms with Gasteiger partial charge in [-0.25, -0.2) is 8.78 Å². The number of benzene rings is 1. The summed E-state index contributed by atoms with van der Waals surface area (Å²) >= 11 is 0. The number of rotatable bonds is 2. The molecule has 0 aliphatic rings. The topological polar surface area (TPSA) is 17.1 Å². The smallest absolute Gasteiger partial charge is 0.263 e. The highest BCUT2D eigenvalue weighted by Crippen LogP contribution is 2.21. The van der Waals surface area contributed by atoms with Crippen LogP contribution in [0.4, 0.5) is 8.78 Å². The Morgan fingerprint density at radius 3 is 2.38 bits per heavy atom. The van der Waals surface area contributed by atoms with Gasteiger partial charge in [0.1, 0.15) is 0 Å². The third-order valence-corrected chi connectivity index (χ3v) is 1.76. The number of alkyl halides is 2. The first-order valence-corrected chi connectivity index (χ1v) is 3.91. The van der Waals surface area contributed by atoms with Crippen LogP contribution in [0.2, 0.25) is 0 Å². The number of hydrogen-bond donors (Lipinski definition) is 0. The molecule has 3 heteroatoms. The van der Waals surface area contributed by atoms with Gasteiger partial charge in [0.05, 0.1) is 0 Å². The largest absolute Gasteiger partial charge is 0.295 e. The van der Waals surface area contributed by atoms with Crippen molar-refractivity contribution in [1.29, 1.82) is 0 Å². The minimum absolute atomic E-state index is 0.0924. The van der Waals surface area contributed by atoms with Crippen molar-refractivity contribution in [2.75, 3.05) is 0 Å². The molecule has 0 aromatic heterocycles. The zero-order chi connectivity index (χ0) is 10.0. The maximum Gasteiger partial charge on any atom is 0.263 e. The average Bonchev–Trinajstić information content (AvgIpc) is 2.03. The molecular weight excluding hydrogens is 174 g/mol. The highest BCUT2D eigenvalue weighted by Gasteiger charge is 2.10. The summed E-state index contributed by atoms with van der Waals surface area (Å²) in [5, 5.41) is 0. The highest BCUT2D eigenvalue weighted by atomic mass is 19.3. The van der Waals surface area contributed by atoms with E-state index in [1.165, 1.54) is 19.1 Å². The predicted molar refractivity (Wildman–Crippen MR) is 46.1 cm³/mol. The molecule has 0 atom stereocenters. The first kappa shape index (κ1) is 9.84. The summed E-state index contributed by atoms with van der Waals surface area (Å²) in [6.07, 6.45) is -2.52. The fraction of sp³-hybridized carbons (Fsp3) is 0.300. The lowest BCUT2D eigenvalue weighted by Gasteiger charge is -2.03. The Morgan fingerprint density at radius 2 is 1.92 bits per heavy atom. The van der Waals surface area contributed by atoms with E-state index in [1.54, 1.807) is 13.0 Å². The molecule has 0 aliphatic carbocycles. The molecule has 0 fully saturated rings. The van der Waals surface area contributed by atoms with Gasteiger partial charge in [-0.2, -0.15) is 0 Å². The molecular formula is C10H10F2O. The number of aryl methyl sites for hydroxylation is 1. The van der Waals surface area contributed by atoms with E-state index < -0.39 is 6.43 Å². The molecule has 0 unspecified atom stereocenters. The summed E-state index contributed by atoms with van der Waals surface area (Å²) in [5.41, 5.74) is 0.934. The van der Waals surface area contributed by atoms with E-state index in [0.717, 1.165) is 0 Å². The molecule has 0 heterocycles. The van der Waals surface area contributed by atoms with Gasteiger partial charge in [0.25, 0.3) is 6.43 Å². The molecule has 0 radical (unpaired) electrons. The lowest BCUT2D eigenvalue weighted by molar-refractivity contribution is 0.101. The molecule has 1 rings (SSSR count). The van der Waals surface area contributed by atoms with E-state index in [4.69, 9.17) is 0 Å². The lowest BCUT2D eigenvalue weighted by atomic mass is 10.0. The molecule has 0 saturated heterocycles. The van der Waals surface area contributed by atoms with Crippen LogP contribution in [0.5, 0.6) is 0 Å². The third-order valence-electron chi connectivity index (χ3n) is 1.76. The van der Waals surface area contributed by atoms with Crippen LogP contribution in [0.3, 0.4) is 0 Å². The van der Waals surface area contributed by atoms with Crippen molar-refractivity contribution in [3.05, 3.63) is 34.9 Å². The summed E-state index contributed by atoms with van der Waals surface area (Å²) in [5.74, 6) is -0.189. The predicted octanol–water partition coefficient (Wildman–Crippen LogP) is 3.14. The van der Waals surface area contributed by atoms with E-state index in [2.05, 4.69) is 0 Å². The number of hydrogen-bond acceptors (Lipinski definition) is 1. The summed E-state index contributed by atoms with van der Waals surface area (Å²) in [6.45, 7) is 3.06. The van der Waals surface area contributed by atoms with E-state index in [-0.39, 0.29) is 11.3 Å². The van der Waals surface area contributed by atoms with Gasteiger partial charge in [-0.1, -0.05) is 6.07 Å². The normalized spacial score (nSPS) is 10.5. The summed E-state index contributed by atoms with van der Waals surface area (Å²) < 4.78 is 24.6. The van der Waals surface area contributed by atoms with Crippen LogP contribution >= 0.6 is 0 Å². The van der Waals surface area contributed by atoms with Crippen molar-refractivity contribution in [3.63, 3.8) is 0 Å². The standard InChI is InChI=1S/C10H10F2O/c1-6-3-8(7(2)13)5-9(4-6)10(11)12/h3-5,10H,1-2H3. The quantitative estimate of drug-likeness (QED) is 0.645. The Kier molecular flexibility index (Phi) is 2.76. The first-order chi connectivity index (χ1) is 6.00.